The van der Waals surface area contributed by atoms with Crippen LogP contribution in [0.1, 0.15) is 37.5 Å². The molecule has 0 aliphatic carbocycles. The first-order valence-electron chi connectivity index (χ1n) is 7.47. The number of rotatable bonds is 5. The number of aromatic amines is 1. The Labute approximate surface area is 147 Å². The first kappa shape index (κ1) is 16.6. The van der Waals surface area contributed by atoms with Crippen molar-refractivity contribution in [3.8, 4) is 0 Å². The Hall–Kier alpha value is -2.25. The van der Waals surface area contributed by atoms with Gasteiger partial charge in [-0.1, -0.05) is 0 Å². The van der Waals surface area contributed by atoms with Crippen LogP contribution in [0.25, 0.3) is 0 Å². The van der Waals surface area contributed by atoms with Crippen LogP contribution < -0.4 is 10.9 Å². The van der Waals surface area contributed by atoms with Gasteiger partial charge in [0.05, 0.1) is 17.3 Å². The number of aryl methyl sites for hydroxylation is 2. The minimum absolute atomic E-state index is 0.198. The van der Waals surface area contributed by atoms with Gasteiger partial charge < -0.3 is 10.3 Å². The average Bonchev–Trinajstić information content (AvgIpc) is 3.18. The molecule has 124 valence electrons. The van der Waals surface area contributed by atoms with Gasteiger partial charge in [0.1, 0.15) is 5.01 Å². The fraction of sp³-hybridized carbons (Fsp3) is 0.235. The first-order chi connectivity index (χ1) is 11.5. The number of nitrogens with zero attached hydrogens (tertiary/aromatic N) is 1. The van der Waals surface area contributed by atoms with E-state index in [0.717, 1.165) is 21.1 Å². The molecule has 0 aromatic carbocycles. The Morgan fingerprint density at radius 1 is 1.33 bits per heavy atom. The standard InChI is InChI=1S/C17H17N3O2S2/c1-10-11(2)24-17(19-10)14(7-12-5-6-23-9-12)20-16(22)13-3-4-15(21)18-8-13/h3-6,8-9,14H,7H2,1-2H3,(H,18,21)(H,20,22)/t14-/m0/s1. The third-order valence-electron chi connectivity index (χ3n) is 3.71. The monoisotopic (exact) mass is 359 g/mol. The Morgan fingerprint density at radius 2 is 2.17 bits per heavy atom. The van der Waals surface area contributed by atoms with Crippen molar-refractivity contribution in [3.05, 3.63) is 72.2 Å². The van der Waals surface area contributed by atoms with Crippen LogP contribution in [0.4, 0.5) is 0 Å². The number of carbonyl (C=O) groups excluding carboxylic acids is 1. The van der Waals surface area contributed by atoms with Gasteiger partial charge in [-0.2, -0.15) is 11.3 Å². The predicted octanol–water partition coefficient (Wildman–Crippen LogP) is 3.22. The van der Waals surface area contributed by atoms with E-state index in [1.165, 1.54) is 18.3 Å². The van der Waals surface area contributed by atoms with Crippen molar-refractivity contribution >= 4 is 28.6 Å². The number of thiophene rings is 1. The summed E-state index contributed by atoms with van der Waals surface area (Å²) in [6.45, 7) is 4.00. The lowest BCUT2D eigenvalue weighted by molar-refractivity contribution is 0.0936. The lowest BCUT2D eigenvalue weighted by Gasteiger charge is -2.16. The van der Waals surface area contributed by atoms with Gasteiger partial charge >= 0.3 is 0 Å². The van der Waals surface area contributed by atoms with Crippen LogP contribution in [-0.4, -0.2) is 15.9 Å². The number of pyridine rings is 1. The molecule has 0 unspecified atom stereocenters. The third-order valence-corrected chi connectivity index (χ3v) is 5.63. The minimum Gasteiger partial charge on any atom is -0.342 e. The topological polar surface area (TPSA) is 74.8 Å². The number of nitrogens with one attached hydrogen (secondary N) is 2. The molecule has 2 N–H and O–H groups in total. The van der Waals surface area contributed by atoms with Crippen LogP contribution in [0.15, 0.2) is 40.0 Å². The number of hydrogen-bond donors (Lipinski definition) is 2. The largest absolute Gasteiger partial charge is 0.342 e. The highest BCUT2D eigenvalue weighted by Gasteiger charge is 2.20. The maximum absolute atomic E-state index is 12.5. The molecule has 1 amide bonds. The van der Waals surface area contributed by atoms with Crippen molar-refractivity contribution in [3.63, 3.8) is 0 Å². The van der Waals surface area contributed by atoms with Gasteiger partial charge in [-0.25, -0.2) is 4.98 Å². The van der Waals surface area contributed by atoms with E-state index in [2.05, 4.69) is 26.7 Å². The second-order valence-corrected chi connectivity index (χ2v) is 7.51. The van der Waals surface area contributed by atoms with Crippen LogP contribution in [-0.2, 0) is 6.42 Å². The number of hydrogen-bond acceptors (Lipinski definition) is 5. The molecule has 0 spiro atoms. The summed E-state index contributed by atoms with van der Waals surface area (Å²) >= 11 is 3.24. The summed E-state index contributed by atoms with van der Waals surface area (Å²) in [5.74, 6) is -0.225. The second-order valence-electron chi connectivity index (χ2n) is 5.50. The molecule has 24 heavy (non-hydrogen) atoms. The summed E-state index contributed by atoms with van der Waals surface area (Å²) in [4.78, 5) is 31.9. The van der Waals surface area contributed by atoms with Gasteiger partial charge in [-0.3, -0.25) is 9.59 Å². The summed E-state index contributed by atoms with van der Waals surface area (Å²) < 4.78 is 0. The van der Waals surface area contributed by atoms with Gasteiger partial charge in [0.15, 0.2) is 0 Å². The molecule has 0 fully saturated rings. The highest BCUT2D eigenvalue weighted by atomic mass is 32.1. The molecule has 3 rings (SSSR count). The fourth-order valence-electron chi connectivity index (χ4n) is 2.28. The van der Waals surface area contributed by atoms with Gasteiger partial charge in [0.25, 0.3) is 5.91 Å². The zero-order valence-electron chi connectivity index (χ0n) is 13.3. The maximum Gasteiger partial charge on any atom is 0.253 e. The minimum atomic E-state index is -0.229. The fourth-order valence-corrected chi connectivity index (χ4v) is 3.94. The van der Waals surface area contributed by atoms with Crippen molar-refractivity contribution in [2.45, 2.75) is 26.3 Å². The summed E-state index contributed by atoms with van der Waals surface area (Å²) in [6, 6.07) is 4.72. The van der Waals surface area contributed by atoms with Gasteiger partial charge in [-0.05, 0) is 42.3 Å². The zero-order chi connectivity index (χ0) is 17.1. The number of carbonyl (C=O) groups is 1. The lowest BCUT2D eigenvalue weighted by atomic mass is 10.1. The van der Waals surface area contributed by atoms with E-state index in [-0.39, 0.29) is 17.5 Å². The summed E-state index contributed by atoms with van der Waals surface area (Å²) in [7, 11) is 0. The summed E-state index contributed by atoms with van der Waals surface area (Å²) in [5.41, 5.74) is 2.35. The number of aromatic nitrogens is 2. The van der Waals surface area contributed by atoms with Crippen molar-refractivity contribution in [1.29, 1.82) is 0 Å². The van der Waals surface area contributed by atoms with Gasteiger partial charge in [0, 0.05) is 23.6 Å². The Balaban J connectivity index is 1.85. The van der Waals surface area contributed by atoms with Crippen molar-refractivity contribution in [2.75, 3.05) is 0 Å². The van der Waals surface area contributed by atoms with Gasteiger partial charge in [-0.15, -0.1) is 11.3 Å². The van der Waals surface area contributed by atoms with Crippen molar-refractivity contribution in [1.82, 2.24) is 15.3 Å². The SMILES string of the molecule is Cc1nc([C@H](Cc2ccsc2)NC(=O)c2ccc(=O)[nH]c2)sc1C. The van der Waals surface area contributed by atoms with Crippen molar-refractivity contribution in [2.24, 2.45) is 0 Å². The molecule has 0 radical (unpaired) electrons. The number of thiazole rings is 1. The Bertz CT molecular complexity index is 857. The van der Waals surface area contributed by atoms with Gasteiger partial charge in [0.2, 0.25) is 5.56 Å². The van der Waals surface area contributed by atoms with E-state index in [1.807, 2.05) is 19.2 Å². The number of H-pyrrole nitrogens is 1. The molecule has 0 saturated carbocycles. The van der Waals surface area contributed by atoms with Crippen molar-refractivity contribution < 1.29 is 4.79 Å². The van der Waals surface area contributed by atoms with E-state index >= 15 is 0 Å². The Kier molecular flexibility index (Phi) is 4.92. The smallest absolute Gasteiger partial charge is 0.253 e. The predicted molar refractivity (Wildman–Crippen MR) is 96.9 cm³/mol. The molecule has 0 aliphatic heterocycles. The van der Waals surface area contributed by atoms with E-state index in [1.54, 1.807) is 22.7 Å². The zero-order valence-corrected chi connectivity index (χ0v) is 15.0. The van der Waals surface area contributed by atoms with Crippen LogP contribution in [0, 0.1) is 13.8 Å². The molecule has 7 heteroatoms. The van der Waals surface area contributed by atoms with E-state index < -0.39 is 0 Å². The highest BCUT2D eigenvalue weighted by molar-refractivity contribution is 7.11. The molecule has 0 bridgehead atoms. The lowest BCUT2D eigenvalue weighted by Crippen LogP contribution is -2.30. The Morgan fingerprint density at radius 3 is 2.75 bits per heavy atom. The normalized spacial score (nSPS) is 12.1. The third kappa shape index (κ3) is 3.80. The van der Waals surface area contributed by atoms with Crippen LogP contribution in [0.3, 0.4) is 0 Å². The van der Waals surface area contributed by atoms with E-state index in [9.17, 15) is 9.59 Å². The molecule has 3 aromatic rings. The summed E-state index contributed by atoms with van der Waals surface area (Å²) in [5, 5.41) is 8.03. The average molecular weight is 359 g/mol. The van der Waals surface area contributed by atoms with Crippen LogP contribution in [0.2, 0.25) is 0 Å². The first-order valence-corrected chi connectivity index (χ1v) is 9.23. The molecule has 1 atom stereocenters. The molecule has 3 heterocycles. The molecule has 0 saturated heterocycles. The molecular weight excluding hydrogens is 342 g/mol. The molecule has 0 aliphatic rings. The van der Waals surface area contributed by atoms with Crippen LogP contribution >= 0.6 is 22.7 Å². The molecule has 5 nitrogen and oxygen atoms in total. The summed E-state index contributed by atoms with van der Waals surface area (Å²) in [6.07, 6.45) is 2.11. The second kappa shape index (κ2) is 7.11. The highest BCUT2D eigenvalue weighted by Crippen LogP contribution is 2.26. The van der Waals surface area contributed by atoms with E-state index in [0.29, 0.717) is 12.0 Å². The maximum atomic E-state index is 12.5. The van der Waals surface area contributed by atoms with Crippen LogP contribution in [0.5, 0.6) is 0 Å². The quantitative estimate of drug-likeness (QED) is 0.734. The molecule has 3 aromatic heterocycles. The number of amides is 1. The van der Waals surface area contributed by atoms with E-state index in [4.69, 9.17) is 0 Å². The molecular formula is C17H17N3O2S2.